The molecule has 5 nitrogen and oxygen atoms in total. The fourth-order valence-electron chi connectivity index (χ4n) is 1.64. The highest BCUT2D eigenvalue weighted by atomic mass is 35.5. The third kappa shape index (κ3) is 2.22. The molecular weight excluding hydrogens is 271 g/mol. The van der Waals surface area contributed by atoms with Crippen molar-refractivity contribution >= 4 is 22.8 Å². The van der Waals surface area contributed by atoms with Crippen LogP contribution in [0.15, 0.2) is 24.5 Å². The molecule has 3 aromatic rings. The molecular formula is C12H8ClFN4O. The second kappa shape index (κ2) is 4.47. The lowest BCUT2D eigenvalue weighted by atomic mass is 10.2. The monoisotopic (exact) mass is 278 g/mol. The van der Waals surface area contributed by atoms with Crippen LogP contribution in [0.1, 0.15) is 5.56 Å². The topological polar surface area (TPSA) is 63.7 Å². The Labute approximate surface area is 112 Å². The lowest BCUT2D eigenvalue weighted by Gasteiger charge is -2.08. The summed E-state index contributed by atoms with van der Waals surface area (Å²) < 4.78 is 18.8. The number of aryl methyl sites for hydroxylation is 1. The average molecular weight is 279 g/mol. The molecule has 0 unspecified atom stereocenters. The number of ether oxygens (including phenoxy) is 1. The summed E-state index contributed by atoms with van der Waals surface area (Å²) in [5.41, 5.74) is 1.68. The number of aromatic amines is 1. The molecule has 1 aromatic carbocycles. The third-order valence-electron chi connectivity index (χ3n) is 2.58. The van der Waals surface area contributed by atoms with Gasteiger partial charge in [-0.3, -0.25) is 0 Å². The van der Waals surface area contributed by atoms with E-state index >= 15 is 0 Å². The zero-order valence-electron chi connectivity index (χ0n) is 9.82. The standard InChI is InChI=1S/C12H8ClFN4O/c1-6-2-3-7(14)4-8(6)19-11-9-10(16-5-15-9)17-12(13)18-11/h2-5H,1H3,(H,15,16,17,18). The van der Waals surface area contributed by atoms with Crippen LogP contribution in [0.5, 0.6) is 11.6 Å². The van der Waals surface area contributed by atoms with Crippen molar-refractivity contribution in [1.82, 2.24) is 19.9 Å². The molecule has 0 saturated heterocycles. The predicted molar refractivity (Wildman–Crippen MR) is 67.9 cm³/mol. The smallest absolute Gasteiger partial charge is 0.250 e. The number of aromatic nitrogens is 4. The summed E-state index contributed by atoms with van der Waals surface area (Å²) in [7, 11) is 0. The van der Waals surface area contributed by atoms with Crippen LogP contribution in [0, 0.1) is 12.7 Å². The van der Waals surface area contributed by atoms with E-state index in [2.05, 4.69) is 19.9 Å². The van der Waals surface area contributed by atoms with E-state index in [4.69, 9.17) is 16.3 Å². The second-order valence-electron chi connectivity index (χ2n) is 3.91. The SMILES string of the molecule is Cc1ccc(F)cc1Oc1nc(Cl)nc2nc[nH]c12. The third-order valence-corrected chi connectivity index (χ3v) is 2.75. The Hall–Kier alpha value is -2.21. The van der Waals surface area contributed by atoms with Crippen LogP contribution in [0.25, 0.3) is 11.2 Å². The van der Waals surface area contributed by atoms with Gasteiger partial charge in [-0.1, -0.05) is 6.07 Å². The Morgan fingerprint density at radius 1 is 1.32 bits per heavy atom. The minimum absolute atomic E-state index is 0.0173. The van der Waals surface area contributed by atoms with Gasteiger partial charge < -0.3 is 9.72 Å². The summed E-state index contributed by atoms with van der Waals surface area (Å²) in [6.07, 6.45) is 1.46. The number of rotatable bonds is 2. The lowest BCUT2D eigenvalue weighted by Crippen LogP contribution is -1.94. The Kier molecular flexibility index (Phi) is 2.79. The molecule has 0 bridgehead atoms. The number of hydrogen-bond acceptors (Lipinski definition) is 4. The van der Waals surface area contributed by atoms with Crippen molar-refractivity contribution in [2.45, 2.75) is 6.92 Å². The van der Waals surface area contributed by atoms with Gasteiger partial charge in [0, 0.05) is 6.07 Å². The first-order chi connectivity index (χ1) is 9.13. The van der Waals surface area contributed by atoms with Crippen LogP contribution >= 0.6 is 11.6 Å². The van der Waals surface area contributed by atoms with E-state index in [1.807, 2.05) is 6.92 Å². The van der Waals surface area contributed by atoms with Gasteiger partial charge in [-0.15, -0.1) is 0 Å². The molecule has 0 aliphatic carbocycles. The first-order valence-corrected chi connectivity index (χ1v) is 5.82. The highest BCUT2D eigenvalue weighted by Crippen LogP contribution is 2.29. The van der Waals surface area contributed by atoms with E-state index in [1.165, 1.54) is 18.5 Å². The number of nitrogens with one attached hydrogen (secondary N) is 1. The van der Waals surface area contributed by atoms with E-state index in [0.29, 0.717) is 16.9 Å². The van der Waals surface area contributed by atoms with Crippen molar-refractivity contribution in [2.24, 2.45) is 0 Å². The molecule has 0 aliphatic rings. The van der Waals surface area contributed by atoms with Gasteiger partial charge in [-0.25, -0.2) is 9.37 Å². The summed E-state index contributed by atoms with van der Waals surface area (Å²) in [6.45, 7) is 1.81. The normalized spacial score (nSPS) is 10.9. The number of nitrogens with zero attached hydrogens (tertiary/aromatic N) is 3. The van der Waals surface area contributed by atoms with E-state index in [0.717, 1.165) is 5.56 Å². The molecule has 1 N–H and O–H groups in total. The van der Waals surface area contributed by atoms with Crippen molar-refractivity contribution in [3.63, 3.8) is 0 Å². The minimum atomic E-state index is -0.387. The number of fused-ring (bicyclic) bond motifs is 1. The van der Waals surface area contributed by atoms with E-state index in [1.54, 1.807) is 6.07 Å². The van der Waals surface area contributed by atoms with Gasteiger partial charge in [0.15, 0.2) is 5.65 Å². The van der Waals surface area contributed by atoms with Crippen molar-refractivity contribution < 1.29 is 9.13 Å². The average Bonchev–Trinajstić information content (AvgIpc) is 2.82. The number of H-pyrrole nitrogens is 1. The van der Waals surface area contributed by atoms with Crippen LogP contribution < -0.4 is 4.74 Å². The van der Waals surface area contributed by atoms with Gasteiger partial charge in [-0.2, -0.15) is 9.97 Å². The van der Waals surface area contributed by atoms with Gasteiger partial charge in [0.25, 0.3) is 0 Å². The zero-order valence-corrected chi connectivity index (χ0v) is 10.6. The summed E-state index contributed by atoms with van der Waals surface area (Å²) in [6, 6.07) is 4.27. The van der Waals surface area contributed by atoms with Crippen LogP contribution in [-0.2, 0) is 0 Å². The fraction of sp³-hybridized carbons (Fsp3) is 0.0833. The Bertz CT molecular complexity index is 759. The maximum Gasteiger partial charge on any atom is 0.250 e. The zero-order chi connectivity index (χ0) is 13.4. The molecule has 3 rings (SSSR count). The first kappa shape index (κ1) is 11.9. The summed E-state index contributed by atoms with van der Waals surface area (Å²) in [4.78, 5) is 14.7. The molecule has 0 fully saturated rings. The van der Waals surface area contributed by atoms with Gasteiger partial charge in [0.1, 0.15) is 17.1 Å². The molecule has 0 radical (unpaired) electrons. The summed E-state index contributed by atoms with van der Waals surface area (Å²) in [5, 5.41) is 0.0173. The number of benzene rings is 1. The minimum Gasteiger partial charge on any atom is -0.437 e. The number of imidazole rings is 1. The highest BCUT2D eigenvalue weighted by Gasteiger charge is 2.12. The fourth-order valence-corrected chi connectivity index (χ4v) is 1.80. The molecule has 0 atom stereocenters. The lowest BCUT2D eigenvalue weighted by molar-refractivity contribution is 0.458. The van der Waals surface area contributed by atoms with Crippen molar-refractivity contribution in [1.29, 1.82) is 0 Å². The van der Waals surface area contributed by atoms with Crippen LogP contribution in [0.2, 0.25) is 5.28 Å². The maximum absolute atomic E-state index is 13.2. The second-order valence-corrected chi connectivity index (χ2v) is 4.25. The molecule has 0 amide bonds. The van der Waals surface area contributed by atoms with Gasteiger partial charge in [0.05, 0.1) is 6.33 Å². The molecule has 19 heavy (non-hydrogen) atoms. The van der Waals surface area contributed by atoms with Gasteiger partial charge >= 0.3 is 0 Å². The van der Waals surface area contributed by atoms with E-state index < -0.39 is 0 Å². The molecule has 96 valence electrons. The molecule has 0 spiro atoms. The molecule has 7 heteroatoms. The van der Waals surface area contributed by atoms with Crippen LogP contribution in [0.3, 0.4) is 0 Å². The highest BCUT2D eigenvalue weighted by molar-refractivity contribution is 6.28. The van der Waals surface area contributed by atoms with Crippen molar-refractivity contribution in [3.8, 4) is 11.6 Å². The summed E-state index contributed by atoms with van der Waals surface area (Å²) in [5.74, 6) is 0.188. The van der Waals surface area contributed by atoms with Crippen molar-refractivity contribution in [3.05, 3.63) is 41.2 Å². The number of hydrogen-bond donors (Lipinski definition) is 1. The Morgan fingerprint density at radius 3 is 3.00 bits per heavy atom. The Balaban J connectivity index is 2.10. The van der Waals surface area contributed by atoms with Crippen molar-refractivity contribution in [2.75, 3.05) is 0 Å². The van der Waals surface area contributed by atoms with E-state index in [9.17, 15) is 4.39 Å². The van der Waals surface area contributed by atoms with Gasteiger partial charge in [0.2, 0.25) is 11.2 Å². The van der Waals surface area contributed by atoms with Gasteiger partial charge in [-0.05, 0) is 30.2 Å². The van der Waals surface area contributed by atoms with Crippen LogP contribution in [0.4, 0.5) is 4.39 Å². The number of halogens is 2. The summed E-state index contributed by atoms with van der Waals surface area (Å²) >= 11 is 5.79. The molecule has 0 saturated carbocycles. The van der Waals surface area contributed by atoms with E-state index in [-0.39, 0.29) is 17.0 Å². The molecule has 2 heterocycles. The maximum atomic E-state index is 13.2. The quantitative estimate of drug-likeness (QED) is 0.731. The molecule has 2 aromatic heterocycles. The van der Waals surface area contributed by atoms with Crippen LogP contribution in [-0.4, -0.2) is 19.9 Å². The molecule has 0 aliphatic heterocycles. The Morgan fingerprint density at radius 2 is 2.16 bits per heavy atom. The predicted octanol–water partition coefficient (Wildman–Crippen LogP) is 3.25. The largest absolute Gasteiger partial charge is 0.437 e. The first-order valence-electron chi connectivity index (χ1n) is 5.44.